The van der Waals surface area contributed by atoms with Crippen molar-refractivity contribution in [3.05, 3.63) is 53.3 Å². The number of halogens is 1. The van der Waals surface area contributed by atoms with Crippen molar-refractivity contribution in [2.24, 2.45) is 0 Å². The molecule has 5 heteroatoms. The number of hydrogen-bond donors (Lipinski definition) is 1. The Balaban J connectivity index is 1.97. The molecule has 1 aliphatic heterocycles. The molecular weight excluding hydrogens is 295 g/mol. The minimum absolute atomic E-state index is 0.244. The summed E-state index contributed by atoms with van der Waals surface area (Å²) in [6.07, 6.45) is 1.05. The lowest BCUT2D eigenvalue weighted by Crippen LogP contribution is -2.28. The molecule has 1 heterocycles. The number of benzene rings is 2. The highest BCUT2D eigenvalue weighted by molar-refractivity contribution is 5.74. The third-order valence-corrected chi connectivity index (χ3v) is 4.06. The van der Waals surface area contributed by atoms with E-state index in [4.69, 9.17) is 10.00 Å². The molecule has 0 spiro atoms. The third-order valence-electron chi connectivity index (χ3n) is 4.06. The van der Waals surface area contributed by atoms with Crippen LogP contribution in [0.25, 0.3) is 11.1 Å². The predicted octanol–water partition coefficient (Wildman–Crippen LogP) is 3.18. The molecule has 0 amide bonds. The van der Waals surface area contributed by atoms with E-state index < -0.39 is 6.04 Å². The number of nitrogens with zero attached hydrogens (tertiary/aromatic N) is 2. The number of likely N-dealkylation sites (N-methyl/N-ethyl adjacent to an activating group) is 1. The van der Waals surface area contributed by atoms with E-state index in [0.29, 0.717) is 19.4 Å². The fourth-order valence-corrected chi connectivity index (χ4v) is 2.82. The maximum atomic E-state index is 13.4. The Morgan fingerprint density at radius 3 is 2.83 bits per heavy atom. The maximum absolute atomic E-state index is 13.4. The van der Waals surface area contributed by atoms with Crippen LogP contribution in [-0.2, 0) is 12.8 Å². The smallest absolute Gasteiger partial charge is 0.127 e. The van der Waals surface area contributed by atoms with E-state index in [1.54, 1.807) is 12.1 Å². The molecule has 2 aromatic rings. The number of nitriles is 1. The zero-order valence-corrected chi connectivity index (χ0v) is 12.8. The van der Waals surface area contributed by atoms with E-state index in [9.17, 15) is 9.60 Å². The topological polar surface area (TPSA) is 56.5 Å². The number of rotatable bonds is 3. The van der Waals surface area contributed by atoms with Crippen LogP contribution in [0.1, 0.15) is 11.1 Å². The molecule has 0 bridgehead atoms. The second-order valence-electron chi connectivity index (χ2n) is 5.65. The average molecular weight is 312 g/mol. The van der Waals surface area contributed by atoms with Crippen LogP contribution < -0.4 is 4.74 Å². The lowest BCUT2D eigenvalue weighted by molar-refractivity contribution is -0.0853. The van der Waals surface area contributed by atoms with E-state index in [2.05, 4.69) is 6.07 Å². The summed E-state index contributed by atoms with van der Waals surface area (Å²) >= 11 is 0. The van der Waals surface area contributed by atoms with Gasteiger partial charge in [0.15, 0.2) is 0 Å². The van der Waals surface area contributed by atoms with Crippen molar-refractivity contribution in [3.63, 3.8) is 0 Å². The summed E-state index contributed by atoms with van der Waals surface area (Å²) in [5.41, 5.74) is 3.73. The summed E-state index contributed by atoms with van der Waals surface area (Å²) in [6.45, 7) is 0.481. The summed E-state index contributed by atoms with van der Waals surface area (Å²) in [4.78, 5) is 0. The van der Waals surface area contributed by atoms with Gasteiger partial charge in [-0.15, -0.1) is 0 Å². The molecule has 118 valence electrons. The highest BCUT2D eigenvalue weighted by atomic mass is 19.1. The number of fused-ring (bicyclic) bond motifs is 3. The van der Waals surface area contributed by atoms with Gasteiger partial charge in [-0.1, -0.05) is 18.2 Å². The molecule has 4 nitrogen and oxygen atoms in total. The maximum Gasteiger partial charge on any atom is 0.127 e. The van der Waals surface area contributed by atoms with Crippen LogP contribution in [0.4, 0.5) is 4.39 Å². The Kier molecular flexibility index (Phi) is 4.28. The summed E-state index contributed by atoms with van der Waals surface area (Å²) in [5, 5.41) is 19.4. The largest absolute Gasteiger partial charge is 0.493 e. The fourth-order valence-electron chi connectivity index (χ4n) is 2.82. The van der Waals surface area contributed by atoms with Crippen molar-refractivity contribution in [3.8, 4) is 22.9 Å². The van der Waals surface area contributed by atoms with Gasteiger partial charge in [0.05, 0.1) is 12.7 Å². The standard InChI is InChI=1S/C18H17FN2O2/c1-21(22)15(11-20)8-12-2-4-17-16-5-3-14(19)10-13(16)6-7-23-18(17)9-12/h2-5,9-10,15,22H,6-8H2,1H3. The van der Waals surface area contributed by atoms with E-state index in [1.807, 2.05) is 18.2 Å². The lowest BCUT2D eigenvalue weighted by atomic mass is 9.96. The Morgan fingerprint density at radius 2 is 2.09 bits per heavy atom. The first-order valence-corrected chi connectivity index (χ1v) is 7.44. The summed E-state index contributed by atoms with van der Waals surface area (Å²) < 4.78 is 19.2. The van der Waals surface area contributed by atoms with Crippen molar-refractivity contribution in [2.45, 2.75) is 18.9 Å². The van der Waals surface area contributed by atoms with Crippen molar-refractivity contribution in [1.29, 1.82) is 5.26 Å². The van der Waals surface area contributed by atoms with Crippen LogP contribution >= 0.6 is 0 Å². The van der Waals surface area contributed by atoms with Gasteiger partial charge in [-0.05, 0) is 34.9 Å². The SMILES string of the molecule is CN(O)C(C#N)Cc1ccc2c(c1)OCCc1cc(F)ccc1-2. The van der Waals surface area contributed by atoms with Gasteiger partial charge in [0.25, 0.3) is 0 Å². The lowest BCUT2D eigenvalue weighted by Gasteiger charge is -2.16. The second kappa shape index (κ2) is 6.37. The van der Waals surface area contributed by atoms with Gasteiger partial charge < -0.3 is 9.94 Å². The van der Waals surface area contributed by atoms with Crippen molar-refractivity contribution in [1.82, 2.24) is 5.06 Å². The summed E-state index contributed by atoms with van der Waals surface area (Å²) in [7, 11) is 1.46. The molecule has 0 fully saturated rings. The molecule has 0 saturated heterocycles. The van der Waals surface area contributed by atoms with E-state index >= 15 is 0 Å². The molecule has 1 N–H and O–H groups in total. The van der Waals surface area contributed by atoms with Crippen molar-refractivity contribution >= 4 is 0 Å². The normalized spacial score (nSPS) is 14.2. The number of ether oxygens (including phenoxy) is 1. The van der Waals surface area contributed by atoms with E-state index in [1.165, 1.54) is 13.1 Å². The van der Waals surface area contributed by atoms with Gasteiger partial charge in [-0.2, -0.15) is 10.3 Å². The van der Waals surface area contributed by atoms with Crippen LogP contribution in [0.5, 0.6) is 5.75 Å². The first kappa shape index (κ1) is 15.5. The molecule has 1 aliphatic rings. The first-order chi connectivity index (χ1) is 11.1. The molecular formula is C18H17FN2O2. The molecule has 0 saturated carbocycles. The van der Waals surface area contributed by atoms with Gasteiger partial charge in [0.2, 0.25) is 0 Å². The number of hydrogen-bond acceptors (Lipinski definition) is 4. The molecule has 1 atom stereocenters. The van der Waals surface area contributed by atoms with Gasteiger partial charge in [0.1, 0.15) is 17.6 Å². The molecule has 23 heavy (non-hydrogen) atoms. The van der Waals surface area contributed by atoms with Gasteiger partial charge in [-0.25, -0.2) is 4.39 Å². The van der Waals surface area contributed by atoms with E-state index in [0.717, 1.165) is 33.1 Å². The van der Waals surface area contributed by atoms with Gasteiger partial charge in [-0.3, -0.25) is 0 Å². The van der Waals surface area contributed by atoms with Crippen LogP contribution in [-0.4, -0.2) is 30.0 Å². The van der Waals surface area contributed by atoms with Crippen LogP contribution in [0, 0.1) is 17.1 Å². The van der Waals surface area contributed by atoms with Crippen molar-refractivity contribution in [2.75, 3.05) is 13.7 Å². The van der Waals surface area contributed by atoms with E-state index in [-0.39, 0.29) is 5.82 Å². The first-order valence-electron chi connectivity index (χ1n) is 7.44. The monoisotopic (exact) mass is 312 g/mol. The average Bonchev–Trinajstić information content (AvgIpc) is 2.70. The van der Waals surface area contributed by atoms with Crippen LogP contribution in [0.3, 0.4) is 0 Å². The third kappa shape index (κ3) is 3.19. The highest BCUT2D eigenvalue weighted by Gasteiger charge is 2.18. The zero-order chi connectivity index (χ0) is 16.4. The molecule has 0 radical (unpaired) electrons. The quantitative estimate of drug-likeness (QED) is 0.884. The molecule has 1 unspecified atom stereocenters. The fraction of sp³-hybridized carbons (Fsp3) is 0.278. The van der Waals surface area contributed by atoms with Crippen LogP contribution in [0.2, 0.25) is 0 Å². The van der Waals surface area contributed by atoms with Gasteiger partial charge in [0, 0.05) is 25.5 Å². The minimum atomic E-state index is -0.611. The van der Waals surface area contributed by atoms with Crippen molar-refractivity contribution < 1.29 is 14.3 Å². The van der Waals surface area contributed by atoms with Gasteiger partial charge >= 0.3 is 0 Å². The zero-order valence-electron chi connectivity index (χ0n) is 12.8. The number of hydroxylamine groups is 2. The second-order valence-corrected chi connectivity index (χ2v) is 5.65. The molecule has 0 aliphatic carbocycles. The van der Waals surface area contributed by atoms with Crippen LogP contribution in [0.15, 0.2) is 36.4 Å². The molecule has 2 aromatic carbocycles. The Bertz CT molecular complexity index is 768. The Labute approximate surface area is 134 Å². The Morgan fingerprint density at radius 1 is 1.30 bits per heavy atom. The predicted molar refractivity (Wildman–Crippen MR) is 83.7 cm³/mol. The Hall–Kier alpha value is -2.42. The minimum Gasteiger partial charge on any atom is -0.493 e. The summed E-state index contributed by atoms with van der Waals surface area (Å²) in [5.74, 6) is 0.483. The molecule has 0 aromatic heterocycles. The highest BCUT2D eigenvalue weighted by Crippen LogP contribution is 2.36. The summed E-state index contributed by atoms with van der Waals surface area (Å²) in [6, 6.07) is 12.0. The molecule has 3 rings (SSSR count).